The molecule has 0 radical (unpaired) electrons. The number of rotatable bonds is 5. The summed E-state index contributed by atoms with van der Waals surface area (Å²) >= 11 is 0. The first-order chi connectivity index (χ1) is 7.29. The molecule has 1 aliphatic rings. The first-order valence-electron chi connectivity index (χ1n) is 7.29. The van der Waals surface area contributed by atoms with Crippen LogP contribution < -0.4 is 0 Å². The number of hydrogen-bond acceptors (Lipinski definition) is 0. The Morgan fingerprint density at radius 2 is 1.06 bits per heavy atom. The fourth-order valence-corrected chi connectivity index (χ4v) is 4.07. The largest absolute Gasteiger partial charge is 0.0625 e. The lowest BCUT2D eigenvalue weighted by atomic mass is 9.79. The van der Waals surface area contributed by atoms with Gasteiger partial charge in [-0.3, -0.25) is 0 Å². The topological polar surface area (TPSA) is 0 Å². The van der Waals surface area contributed by atoms with Crippen molar-refractivity contribution in [2.24, 2.45) is 47.3 Å². The average Bonchev–Trinajstić information content (AvgIpc) is 2.74. The van der Waals surface area contributed by atoms with Crippen LogP contribution in [0.2, 0.25) is 0 Å². The minimum Gasteiger partial charge on any atom is -0.0625 e. The van der Waals surface area contributed by atoms with Crippen LogP contribution in [0.15, 0.2) is 0 Å². The van der Waals surface area contributed by atoms with Crippen molar-refractivity contribution in [3.63, 3.8) is 0 Å². The van der Waals surface area contributed by atoms with Crippen LogP contribution in [0.5, 0.6) is 0 Å². The molecule has 4 unspecified atom stereocenters. The molecule has 0 heterocycles. The summed E-state index contributed by atoms with van der Waals surface area (Å²) in [6.45, 7) is 19.3. The molecular formula is C16H32. The van der Waals surface area contributed by atoms with Gasteiger partial charge in [-0.05, 0) is 47.3 Å². The summed E-state index contributed by atoms with van der Waals surface area (Å²) < 4.78 is 0. The summed E-state index contributed by atoms with van der Waals surface area (Å²) in [5.74, 6) is 7.33. The smallest absolute Gasteiger partial charge is 0.0319 e. The highest BCUT2D eigenvalue weighted by Crippen LogP contribution is 2.59. The van der Waals surface area contributed by atoms with Gasteiger partial charge >= 0.3 is 0 Å². The van der Waals surface area contributed by atoms with Crippen LogP contribution >= 0.6 is 0 Å². The van der Waals surface area contributed by atoms with E-state index in [0.29, 0.717) is 0 Å². The van der Waals surface area contributed by atoms with E-state index in [-0.39, 0.29) is 0 Å². The monoisotopic (exact) mass is 224 g/mol. The molecule has 0 aromatic carbocycles. The zero-order valence-corrected chi connectivity index (χ0v) is 12.6. The number of hydrogen-bond donors (Lipinski definition) is 0. The fourth-order valence-electron chi connectivity index (χ4n) is 4.07. The van der Waals surface area contributed by atoms with Gasteiger partial charge in [0.2, 0.25) is 0 Å². The van der Waals surface area contributed by atoms with E-state index in [9.17, 15) is 0 Å². The predicted molar refractivity (Wildman–Crippen MR) is 73.3 cm³/mol. The van der Waals surface area contributed by atoms with Crippen molar-refractivity contribution in [1.29, 1.82) is 0 Å². The molecule has 0 aromatic heterocycles. The van der Waals surface area contributed by atoms with Gasteiger partial charge < -0.3 is 0 Å². The standard InChI is InChI=1S/C16H32/c1-9(2)12(7)15-13(8)16(15)14(10(3)4)11(5)6/h9-16H,1-8H3. The van der Waals surface area contributed by atoms with Crippen LogP contribution in [0.3, 0.4) is 0 Å². The molecule has 0 aromatic rings. The zero-order chi connectivity index (χ0) is 12.6. The Kier molecular flexibility index (Phi) is 4.49. The average molecular weight is 224 g/mol. The molecule has 1 saturated carbocycles. The van der Waals surface area contributed by atoms with Crippen molar-refractivity contribution in [1.82, 2.24) is 0 Å². The van der Waals surface area contributed by atoms with Crippen molar-refractivity contribution < 1.29 is 0 Å². The van der Waals surface area contributed by atoms with E-state index in [1.807, 2.05) is 0 Å². The molecule has 0 bridgehead atoms. The van der Waals surface area contributed by atoms with Crippen LogP contribution in [0.4, 0.5) is 0 Å². The molecule has 96 valence electrons. The molecule has 1 aliphatic carbocycles. The molecule has 0 amide bonds. The van der Waals surface area contributed by atoms with Crippen LogP contribution in [-0.4, -0.2) is 0 Å². The highest BCUT2D eigenvalue weighted by Gasteiger charge is 2.54. The summed E-state index contributed by atoms with van der Waals surface area (Å²) in [4.78, 5) is 0. The van der Waals surface area contributed by atoms with Gasteiger partial charge in [-0.2, -0.15) is 0 Å². The van der Waals surface area contributed by atoms with Crippen molar-refractivity contribution in [2.75, 3.05) is 0 Å². The summed E-state index contributed by atoms with van der Waals surface area (Å²) in [6.07, 6.45) is 0. The Morgan fingerprint density at radius 1 is 0.625 bits per heavy atom. The lowest BCUT2D eigenvalue weighted by Crippen LogP contribution is -2.21. The molecule has 4 atom stereocenters. The Bertz CT molecular complexity index is 206. The third kappa shape index (κ3) is 2.63. The summed E-state index contributed by atoms with van der Waals surface area (Å²) in [7, 11) is 0. The Balaban J connectivity index is 2.69. The molecular weight excluding hydrogens is 192 g/mol. The Labute approximate surface area is 103 Å². The Morgan fingerprint density at radius 3 is 1.38 bits per heavy atom. The lowest BCUT2D eigenvalue weighted by molar-refractivity contribution is 0.217. The third-order valence-electron chi connectivity index (χ3n) is 5.16. The van der Waals surface area contributed by atoms with Gasteiger partial charge in [0.05, 0.1) is 0 Å². The van der Waals surface area contributed by atoms with E-state index >= 15 is 0 Å². The minimum atomic E-state index is 0.844. The molecule has 0 aliphatic heterocycles. The quantitative estimate of drug-likeness (QED) is 0.610. The second-order valence-corrected chi connectivity index (χ2v) is 7.18. The fraction of sp³-hybridized carbons (Fsp3) is 1.00. The zero-order valence-electron chi connectivity index (χ0n) is 12.6. The van der Waals surface area contributed by atoms with Gasteiger partial charge in [0.25, 0.3) is 0 Å². The molecule has 0 heteroatoms. The maximum Gasteiger partial charge on any atom is -0.0319 e. The second kappa shape index (κ2) is 5.10. The SMILES string of the molecule is CC(C)C(C)C1C(C)C1C(C(C)C)C(C)C. The van der Waals surface area contributed by atoms with E-state index in [4.69, 9.17) is 0 Å². The van der Waals surface area contributed by atoms with E-state index < -0.39 is 0 Å². The summed E-state index contributed by atoms with van der Waals surface area (Å²) in [5, 5.41) is 0. The normalized spacial score (nSPS) is 31.9. The molecule has 1 rings (SSSR count). The highest BCUT2D eigenvalue weighted by atomic mass is 14.6. The van der Waals surface area contributed by atoms with Gasteiger partial charge in [0.1, 0.15) is 0 Å². The van der Waals surface area contributed by atoms with Gasteiger partial charge in [-0.15, -0.1) is 0 Å². The first kappa shape index (κ1) is 14.1. The van der Waals surface area contributed by atoms with Crippen LogP contribution in [0, 0.1) is 47.3 Å². The van der Waals surface area contributed by atoms with Crippen LogP contribution in [0.25, 0.3) is 0 Å². The molecule has 0 N–H and O–H groups in total. The summed E-state index contributed by atoms with van der Waals surface area (Å²) in [6, 6.07) is 0. The summed E-state index contributed by atoms with van der Waals surface area (Å²) in [5.41, 5.74) is 0. The third-order valence-corrected chi connectivity index (χ3v) is 5.16. The molecule has 1 fully saturated rings. The molecule has 0 nitrogen and oxygen atoms in total. The van der Waals surface area contributed by atoms with Crippen LogP contribution in [-0.2, 0) is 0 Å². The Hall–Kier alpha value is 0. The van der Waals surface area contributed by atoms with E-state index in [2.05, 4.69) is 55.4 Å². The van der Waals surface area contributed by atoms with Gasteiger partial charge in [-0.1, -0.05) is 55.4 Å². The molecule has 0 saturated heterocycles. The van der Waals surface area contributed by atoms with Gasteiger partial charge in [0.15, 0.2) is 0 Å². The molecule has 0 spiro atoms. The minimum absolute atomic E-state index is 0.844. The van der Waals surface area contributed by atoms with E-state index in [0.717, 1.165) is 47.3 Å². The predicted octanol–water partition coefficient (Wildman–Crippen LogP) is 5.09. The van der Waals surface area contributed by atoms with Crippen LogP contribution in [0.1, 0.15) is 55.4 Å². The molecule has 16 heavy (non-hydrogen) atoms. The van der Waals surface area contributed by atoms with E-state index in [1.54, 1.807) is 0 Å². The van der Waals surface area contributed by atoms with Crippen molar-refractivity contribution in [3.05, 3.63) is 0 Å². The van der Waals surface area contributed by atoms with E-state index in [1.165, 1.54) is 0 Å². The van der Waals surface area contributed by atoms with Crippen molar-refractivity contribution >= 4 is 0 Å². The van der Waals surface area contributed by atoms with Crippen molar-refractivity contribution in [2.45, 2.75) is 55.4 Å². The second-order valence-electron chi connectivity index (χ2n) is 7.18. The van der Waals surface area contributed by atoms with Crippen molar-refractivity contribution in [3.8, 4) is 0 Å². The maximum atomic E-state index is 2.48. The maximum absolute atomic E-state index is 2.48. The highest BCUT2D eigenvalue weighted by molar-refractivity contribution is 5.01. The van der Waals surface area contributed by atoms with Gasteiger partial charge in [0, 0.05) is 0 Å². The lowest BCUT2D eigenvalue weighted by Gasteiger charge is -2.27. The first-order valence-corrected chi connectivity index (χ1v) is 7.29. The van der Waals surface area contributed by atoms with Gasteiger partial charge in [-0.25, -0.2) is 0 Å².